The number of carbonyl (C=O) groups excluding carboxylic acids is 3. The van der Waals surface area contributed by atoms with E-state index in [1.165, 1.54) is 0 Å². The summed E-state index contributed by atoms with van der Waals surface area (Å²) in [6, 6.07) is 18.3. The molecule has 1 aliphatic heterocycles. The molecule has 6 nitrogen and oxygen atoms in total. The summed E-state index contributed by atoms with van der Waals surface area (Å²) in [4.78, 5) is 38.9. The Kier molecular flexibility index (Phi) is 6.22. The summed E-state index contributed by atoms with van der Waals surface area (Å²) in [6.45, 7) is 3.83. The predicted octanol–water partition coefficient (Wildman–Crippen LogP) is 5.61. The normalized spacial score (nSPS) is 13.5. The number of rotatable bonds is 5. The molecule has 1 aliphatic rings. The Balaban J connectivity index is 1.49. The molecule has 0 radical (unpaired) electrons. The molecule has 0 aromatic heterocycles. The molecule has 0 bridgehead atoms. The largest absolute Gasteiger partial charge is 0.423 e. The molecule has 33 heavy (non-hydrogen) atoms. The third kappa shape index (κ3) is 4.49. The van der Waals surface area contributed by atoms with Crippen LogP contribution < -0.4 is 15.0 Å². The third-order valence-corrected chi connectivity index (χ3v) is 5.71. The minimum Gasteiger partial charge on any atom is -0.423 e. The number of esters is 1. The Labute approximate surface area is 200 Å². The Morgan fingerprint density at radius 2 is 1.61 bits per heavy atom. The second-order valence-corrected chi connectivity index (χ2v) is 8.23. The van der Waals surface area contributed by atoms with Gasteiger partial charge in [0, 0.05) is 5.69 Å². The van der Waals surface area contributed by atoms with E-state index in [-0.39, 0.29) is 21.4 Å². The summed E-state index contributed by atoms with van der Waals surface area (Å²) < 4.78 is 5.47. The molecule has 0 saturated heterocycles. The number of halogens is 2. The van der Waals surface area contributed by atoms with E-state index in [0.717, 1.165) is 16.0 Å². The number of para-hydroxylation sites is 1. The summed E-state index contributed by atoms with van der Waals surface area (Å²) in [5, 5.41) is 2.86. The quantitative estimate of drug-likeness (QED) is 0.291. The lowest BCUT2D eigenvalue weighted by molar-refractivity contribution is -0.120. The summed E-state index contributed by atoms with van der Waals surface area (Å²) in [6.07, 6.45) is 0. The van der Waals surface area contributed by atoms with Crippen LogP contribution in [0.5, 0.6) is 5.75 Å². The van der Waals surface area contributed by atoms with Crippen LogP contribution in [0.1, 0.15) is 21.5 Å². The smallest absolute Gasteiger partial charge is 0.343 e. The Hall–Kier alpha value is -3.61. The summed E-state index contributed by atoms with van der Waals surface area (Å²) >= 11 is 12.3. The number of amides is 2. The number of hydrogen-bond donors (Lipinski definition) is 1. The molecule has 166 valence electrons. The lowest BCUT2D eigenvalue weighted by Gasteiger charge is -2.16. The molecule has 4 rings (SSSR count). The molecule has 3 aromatic carbocycles. The van der Waals surface area contributed by atoms with Gasteiger partial charge in [0.05, 0.1) is 16.3 Å². The van der Waals surface area contributed by atoms with Crippen LogP contribution >= 0.6 is 23.2 Å². The number of aryl methyl sites for hydroxylation is 2. The molecule has 0 atom stereocenters. The molecule has 2 amide bonds. The van der Waals surface area contributed by atoms with Crippen molar-refractivity contribution in [2.75, 3.05) is 10.2 Å². The van der Waals surface area contributed by atoms with Crippen LogP contribution in [0.3, 0.4) is 0 Å². The summed E-state index contributed by atoms with van der Waals surface area (Å²) in [7, 11) is 0. The van der Waals surface area contributed by atoms with Gasteiger partial charge >= 0.3 is 5.97 Å². The SMILES string of the molecule is Cc1ccc(OC(=O)c2ccc(NC3=C(Cl)C(=O)N(c4ccccc4Cl)C3=O)cc2)c(C)c1. The summed E-state index contributed by atoms with van der Waals surface area (Å²) in [5.74, 6) is -1.33. The third-order valence-electron chi connectivity index (χ3n) is 5.04. The number of hydrogen-bond acceptors (Lipinski definition) is 5. The Bertz CT molecular complexity index is 1320. The van der Waals surface area contributed by atoms with Gasteiger partial charge in [-0.3, -0.25) is 9.59 Å². The number of carbonyl (C=O) groups is 3. The standard InChI is InChI=1S/C25H18Cl2N2O4/c1-14-7-12-20(15(2)13-14)33-25(32)16-8-10-17(11-9-16)28-22-21(27)23(30)29(24(22)31)19-6-4-3-5-18(19)26/h3-13,28H,1-2H3. The van der Waals surface area contributed by atoms with Crippen molar-refractivity contribution >= 4 is 52.4 Å². The maximum Gasteiger partial charge on any atom is 0.343 e. The van der Waals surface area contributed by atoms with Gasteiger partial charge in [0.1, 0.15) is 16.5 Å². The average Bonchev–Trinajstić information content (AvgIpc) is 3.00. The van der Waals surface area contributed by atoms with E-state index in [9.17, 15) is 14.4 Å². The van der Waals surface area contributed by atoms with Crippen LogP contribution in [0.4, 0.5) is 11.4 Å². The lowest BCUT2D eigenvalue weighted by Crippen LogP contribution is -2.32. The second kappa shape index (κ2) is 9.10. The molecule has 0 fully saturated rings. The van der Waals surface area contributed by atoms with Crippen LogP contribution in [-0.2, 0) is 9.59 Å². The Morgan fingerprint density at radius 3 is 2.27 bits per heavy atom. The van der Waals surface area contributed by atoms with Crippen molar-refractivity contribution in [2.45, 2.75) is 13.8 Å². The molecule has 0 spiro atoms. The molecule has 1 N–H and O–H groups in total. The van der Waals surface area contributed by atoms with E-state index in [0.29, 0.717) is 17.0 Å². The van der Waals surface area contributed by atoms with Gasteiger partial charge in [0.25, 0.3) is 11.8 Å². The summed E-state index contributed by atoms with van der Waals surface area (Å²) in [5.41, 5.74) is 2.89. The zero-order valence-corrected chi connectivity index (χ0v) is 19.2. The van der Waals surface area contributed by atoms with Crippen molar-refractivity contribution < 1.29 is 19.1 Å². The minimum atomic E-state index is -0.675. The number of nitrogens with zero attached hydrogens (tertiary/aromatic N) is 1. The average molecular weight is 481 g/mol. The van der Waals surface area contributed by atoms with Crippen LogP contribution in [0.2, 0.25) is 5.02 Å². The van der Waals surface area contributed by atoms with Gasteiger partial charge in [-0.25, -0.2) is 9.69 Å². The predicted molar refractivity (Wildman–Crippen MR) is 128 cm³/mol. The highest BCUT2D eigenvalue weighted by molar-refractivity contribution is 6.53. The molecule has 0 aliphatic carbocycles. The maximum atomic E-state index is 12.9. The van der Waals surface area contributed by atoms with Crippen LogP contribution in [0.15, 0.2) is 77.5 Å². The van der Waals surface area contributed by atoms with Crippen molar-refractivity contribution in [1.82, 2.24) is 0 Å². The van der Waals surface area contributed by atoms with E-state index in [2.05, 4.69) is 5.32 Å². The topological polar surface area (TPSA) is 75.7 Å². The van der Waals surface area contributed by atoms with Gasteiger partial charge in [-0.1, -0.05) is 53.0 Å². The number of anilines is 2. The number of imide groups is 1. The zero-order chi connectivity index (χ0) is 23.7. The fourth-order valence-electron chi connectivity index (χ4n) is 3.37. The molecular weight excluding hydrogens is 463 g/mol. The van der Waals surface area contributed by atoms with Crippen LogP contribution in [0.25, 0.3) is 0 Å². The van der Waals surface area contributed by atoms with Crippen molar-refractivity contribution in [1.29, 1.82) is 0 Å². The number of ether oxygens (including phenoxy) is 1. The van der Waals surface area contributed by atoms with Gasteiger partial charge in [-0.2, -0.15) is 0 Å². The van der Waals surface area contributed by atoms with Crippen LogP contribution in [0, 0.1) is 13.8 Å². The van der Waals surface area contributed by atoms with E-state index in [1.54, 1.807) is 54.6 Å². The first-order chi connectivity index (χ1) is 15.8. The van der Waals surface area contributed by atoms with E-state index >= 15 is 0 Å². The monoisotopic (exact) mass is 480 g/mol. The fraction of sp³-hybridized carbons (Fsp3) is 0.0800. The van der Waals surface area contributed by atoms with E-state index in [4.69, 9.17) is 27.9 Å². The molecule has 3 aromatic rings. The van der Waals surface area contributed by atoms with Gasteiger partial charge in [-0.15, -0.1) is 0 Å². The highest BCUT2D eigenvalue weighted by Gasteiger charge is 2.39. The highest BCUT2D eigenvalue weighted by Crippen LogP contribution is 2.34. The highest BCUT2D eigenvalue weighted by atomic mass is 35.5. The van der Waals surface area contributed by atoms with Gasteiger partial charge in [0.15, 0.2) is 0 Å². The first-order valence-electron chi connectivity index (χ1n) is 9.96. The molecule has 0 saturated carbocycles. The van der Waals surface area contributed by atoms with Crippen molar-refractivity contribution in [3.8, 4) is 5.75 Å². The van der Waals surface area contributed by atoms with Gasteiger partial charge < -0.3 is 10.1 Å². The second-order valence-electron chi connectivity index (χ2n) is 7.45. The lowest BCUT2D eigenvalue weighted by atomic mass is 10.1. The minimum absolute atomic E-state index is 0.0767. The van der Waals surface area contributed by atoms with Crippen molar-refractivity contribution in [3.05, 3.63) is 99.2 Å². The van der Waals surface area contributed by atoms with E-state index in [1.807, 2.05) is 26.0 Å². The van der Waals surface area contributed by atoms with Crippen molar-refractivity contribution in [3.63, 3.8) is 0 Å². The Morgan fingerprint density at radius 1 is 0.909 bits per heavy atom. The molecule has 1 heterocycles. The first-order valence-corrected chi connectivity index (χ1v) is 10.7. The molecular formula is C25H18Cl2N2O4. The first kappa shape index (κ1) is 22.6. The fourth-order valence-corrected chi connectivity index (χ4v) is 3.80. The molecule has 0 unspecified atom stereocenters. The van der Waals surface area contributed by atoms with E-state index < -0.39 is 17.8 Å². The van der Waals surface area contributed by atoms with Crippen molar-refractivity contribution in [2.24, 2.45) is 0 Å². The number of benzene rings is 3. The zero-order valence-electron chi connectivity index (χ0n) is 17.7. The maximum absolute atomic E-state index is 12.9. The number of nitrogens with one attached hydrogen (secondary N) is 1. The van der Waals surface area contributed by atoms with Gasteiger partial charge in [0.2, 0.25) is 0 Å². The molecule has 8 heteroatoms. The van der Waals surface area contributed by atoms with Crippen LogP contribution in [-0.4, -0.2) is 17.8 Å². The van der Waals surface area contributed by atoms with Gasteiger partial charge in [-0.05, 0) is 61.9 Å².